The van der Waals surface area contributed by atoms with Gasteiger partial charge in [-0.15, -0.1) is 0 Å². The van der Waals surface area contributed by atoms with E-state index in [-0.39, 0.29) is 5.91 Å². The predicted octanol–water partition coefficient (Wildman–Crippen LogP) is 4.16. The average molecular weight is 370 g/mol. The summed E-state index contributed by atoms with van der Waals surface area (Å²) in [5.41, 5.74) is 4.88. The van der Waals surface area contributed by atoms with Crippen molar-refractivity contribution in [3.05, 3.63) is 77.4 Å². The van der Waals surface area contributed by atoms with E-state index in [1.165, 1.54) is 10.9 Å². The van der Waals surface area contributed by atoms with E-state index in [1.807, 2.05) is 36.4 Å². The summed E-state index contributed by atoms with van der Waals surface area (Å²) >= 11 is 0. The van der Waals surface area contributed by atoms with Crippen LogP contribution in [0.4, 0.5) is 5.69 Å². The highest BCUT2D eigenvalue weighted by Gasteiger charge is 2.21. The Morgan fingerprint density at radius 1 is 1.00 bits per heavy atom. The monoisotopic (exact) mass is 370 g/mol. The molecule has 1 aliphatic heterocycles. The first-order chi connectivity index (χ1) is 13.8. The molecule has 4 nitrogen and oxygen atoms in total. The van der Waals surface area contributed by atoms with Crippen LogP contribution in [0, 0.1) is 0 Å². The molecule has 4 heteroatoms. The molecule has 0 bridgehead atoms. The number of hydrogen-bond acceptors (Lipinski definition) is 3. The van der Waals surface area contributed by atoms with E-state index in [0.29, 0.717) is 0 Å². The number of carbonyl (C=O) groups excluding carboxylic acids is 1. The van der Waals surface area contributed by atoms with Crippen molar-refractivity contribution in [3.63, 3.8) is 0 Å². The van der Waals surface area contributed by atoms with E-state index in [2.05, 4.69) is 40.5 Å². The zero-order valence-electron chi connectivity index (χ0n) is 15.7. The molecule has 0 aromatic heterocycles. The molecule has 1 heterocycles. The van der Waals surface area contributed by atoms with Crippen molar-refractivity contribution in [2.24, 2.45) is 0 Å². The largest absolute Gasteiger partial charge is 0.379 e. The van der Waals surface area contributed by atoms with Crippen molar-refractivity contribution in [2.45, 2.75) is 6.54 Å². The van der Waals surface area contributed by atoms with Gasteiger partial charge in [0.15, 0.2) is 0 Å². The van der Waals surface area contributed by atoms with Gasteiger partial charge in [-0.25, -0.2) is 0 Å². The van der Waals surface area contributed by atoms with Gasteiger partial charge in [0.05, 0.1) is 13.2 Å². The number of nitrogens with one attached hydrogen (secondary N) is 1. The van der Waals surface area contributed by atoms with E-state index >= 15 is 0 Å². The highest BCUT2D eigenvalue weighted by Crippen LogP contribution is 2.36. The van der Waals surface area contributed by atoms with E-state index in [1.54, 1.807) is 0 Å². The molecule has 1 amide bonds. The van der Waals surface area contributed by atoms with Gasteiger partial charge in [0, 0.05) is 30.9 Å². The smallest absolute Gasteiger partial charge is 0.256 e. The summed E-state index contributed by atoms with van der Waals surface area (Å²) in [5, 5.41) is 5.42. The third kappa shape index (κ3) is 3.21. The fourth-order valence-corrected chi connectivity index (χ4v) is 4.10. The molecule has 0 unspecified atom stereocenters. The second kappa shape index (κ2) is 7.23. The Bertz CT molecular complexity index is 1080. The maximum absolute atomic E-state index is 13.0. The van der Waals surface area contributed by atoms with Crippen molar-refractivity contribution in [3.8, 4) is 0 Å². The molecule has 0 spiro atoms. The first kappa shape index (κ1) is 17.2. The van der Waals surface area contributed by atoms with E-state index < -0.39 is 0 Å². The second-order valence-electron chi connectivity index (χ2n) is 7.35. The van der Waals surface area contributed by atoms with Crippen molar-refractivity contribution in [2.75, 3.05) is 31.6 Å². The van der Waals surface area contributed by atoms with Gasteiger partial charge in [-0.05, 0) is 45.7 Å². The maximum Gasteiger partial charge on any atom is 0.256 e. The molecule has 0 radical (unpaired) electrons. The van der Waals surface area contributed by atoms with Gasteiger partial charge < -0.3 is 10.1 Å². The van der Waals surface area contributed by atoms with Gasteiger partial charge in [-0.3, -0.25) is 9.69 Å². The number of amides is 1. The number of anilines is 1. The second-order valence-corrected chi connectivity index (χ2v) is 7.35. The topological polar surface area (TPSA) is 41.6 Å². The van der Waals surface area contributed by atoms with Crippen LogP contribution < -0.4 is 5.32 Å². The van der Waals surface area contributed by atoms with Crippen LogP contribution in [-0.2, 0) is 16.1 Å². The average Bonchev–Trinajstić information content (AvgIpc) is 3.10. The summed E-state index contributed by atoms with van der Waals surface area (Å²) in [4.78, 5) is 15.4. The molecule has 28 heavy (non-hydrogen) atoms. The Kier molecular flexibility index (Phi) is 4.43. The zero-order chi connectivity index (χ0) is 18.9. The number of morpholine rings is 1. The Hall–Kier alpha value is -2.95. The quantitative estimate of drug-likeness (QED) is 0.750. The molecule has 1 saturated heterocycles. The molecular formula is C24H22N2O2. The molecule has 3 aromatic rings. The summed E-state index contributed by atoms with van der Waals surface area (Å²) in [6.07, 6.45) is 1.99. The molecular weight excluding hydrogens is 348 g/mol. The molecule has 1 N–H and O–H groups in total. The SMILES string of the molecule is O=C(Nc1cccc(CN2CCOCC2)c1)C1=Cc2cccc3cccc1c23. The van der Waals surface area contributed by atoms with Crippen molar-refractivity contribution in [1.29, 1.82) is 0 Å². The molecule has 140 valence electrons. The molecule has 2 aliphatic rings. The van der Waals surface area contributed by atoms with Crippen LogP contribution in [0.25, 0.3) is 22.4 Å². The fraction of sp³-hybridized carbons (Fsp3) is 0.208. The van der Waals surface area contributed by atoms with E-state index in [4.69, 9.17) is 4.74 Å². The molecule has 3 aromatic carbocycles. The Morgan fingerprint density at radius 2 is 1.79 bits per heavy atom. The maximum atomic E-state index is 13.0. The summed E-state index contributed by atoms with van der Waals surface area (Å²) in [7, 11) is 0. The summed E-state index contributed by atoms with van der Waals surface area (Å²) in [5.74, 6) is -0.0628. The van der Waals surface area contributed by atoms with Gasteiger partial charge in [-0.1, -0.05) is 48.5 Å². The van der Waals surface area contributed by atoms with E-state index in [0.717, 1.165) is 60.6 Å². The third-order valence-corrected chi connectivity index (χ3v) is 5.47. The molecule has 5 rings (SSSR count). The van der Waals surface area contributed by atoms with Gasteiger partial charge in [0.25, 0.3) is 5.91 Å². The lowest BCUT2D eigenvalue weighted by Gasteiger charge is -2.26. The van der Waals surface area contributed by atoms with Crippen LogP contribution in [-0.4, -0.2) is 37.1 Å². The normalized spacial score (nSPS) is 16.2. The molecule has 0 atom stereocenters. The van der Waals surface area contributed by atoms with Crippen LogP contribution in [0.3, 0.4) is 0 Å². The first-order valence-electron chi connectivity index (χ1n) is 9.72. The fourth-order valence-electron chi connectivity index (χ4n) is 4.10. The van der Waals surface area contributed by atoms with Gasteiger partial charge in [0.2, 0.25) is 0 Å². The number of rotatable bonds is 4. The zero-order valence-corrected chi connectivity index (χ0v) is 15.7. The lowest BCUT2D eigenvalue weighted by atomic mass is 10.0. The number of ether oxygens (including phenoxy) is 1. The minimum absolute atomic E-state index is 0.0628. The van der Waals surface area contributed by atoms with E-state index in [9.17, 15) is 4.79 Å². The number of benzene rings is 3. The van der Waals surface area contributed by atoms with Crippen LogP contribution in [0.5, 0.6) is 0 Å². The molecule has 0 saturated carbocycles. The Balaban J connectivity index is 1.35. The first-order valence-corrected chi connectivity index (χ1v) is 9.72. The van der Waals surface area contributed by atoms with Gasteiger partial charge >= 0.3 is 0 Å². The number of hydrogen-bond donors (Lipinski definition) is 1. The minimum atomic E-state index is -0.0628. The van der Waals surface area contributed by atoms with Crippen molar-refractivity contribution < 1.29 is 9.53 Å². The number of carbonyl (C=O) groups is 1. The lowest BCUT2D eigenvalue weighted by Crippen LogP contribution is -2.35. The standard InChI is InChI=1S/C24H22N2O2/c27-24(22-15-19-7-2-5-18-6-3-9-21(22)23(18)19)25-20-8-1-4-17(14-20)16-26-10-12-28-13-11-26/h1-9,14-15H,10-13,16H2,(H,25,27). The lowest BCUT2D eigenvalue weighted by molar-refractivity contribution is -0.111. The highest BCUT2D eigenvalue weighted by molar-refractivity contribution is 6.34. The third-order valence-electron chi connectivity index (χ3n) is 5.47. The van der Waals surface area contributed by atoms with Crippen LogP contribution in [0.15, 0.2) is 60.7 Å². The van der Waals surface area contributed by atoms with Crippen LogP contribution >= 0.6 is 0 Å². The van der Waals surface area contributed by atoms with Crippen molar-refractivity contribution in [1.82, 2.24) is 4.90 Å². The van der Waals surface area contributed by atoms with Gasteiger partial charge in [-0.2, -0.15) is 0 Å². The van der Waals surface area contributed by atoms with Crippen molar-refractivity contribution >= 4 is 34.0 Å². The van der Waals surface area contributed by atoms with Crippen LogP contribution in [0.1, 0.15) is 16.7 Å². The molecule has 1 aliphatic carbocycles. The van der Waals surface area contributed by atoms with Gasteiger partial charge in [0.1, 0.15) is 0 Å². The summed E-state index contributed by atoms with van der Waals surface area (Å²) in [6.45, 7) is 4.35. The number of nitrogens with zero attached hydrogens (tertiary/aromatic N) is 1. The summed E-state index contributed by atoms with van der Waals surface area (Å²) in [6, 6.07) is 20.4. The molecule has 1 fully saturated rings. The predicted molar refractivity (Wildman–Crippen MR) is 113 cm³/mol. The Labute approximate surface area is 164 Å². The Morgan fingerprint density at radius 3 is 2.64 bits per heavy atom. The summed E-state index contributed by atoms with van der Waals surface area (Å²) < 4.78 is 5.42. The minimum Gasteiger partial charge on any atom is -0.379 e. The highest BCUT2D eigenvalue weighted by atomic mass is 16.5. The van der Waals surface area contributed by atoms with Crippen LogP contribution in [0.2, 0.25) is 0 Å².